The first-order valence-corrected chi connectivity index (χ1v) is 10.8. The van der Waals surface area contributed by atoms with Crippen molar-refractivity contribution in [3.8, 4) is 0 Å². The molecule has 7 heteroatoms. The molecule has 25 heavy (non-hydrogen) atoms. The van der Waals surface area contributed by atoms with Crippen LogP contribution in [0.4, 0.5) is 0 Å². The summed E-state index contributed by atoms with van der Waals surface area (Å²) in [6, 6.07) is 0. The molecule has 6 nitrogen and oxygen atoms in total. The molecule has 0 fully saturated rings. The van der Waals surface area contributed by atoms with Crippen molar-refractivity contribution in [3.63, 3.8) is 0 Å². The molecule has 0 unspecified atom stereocenters. The van der Waals surface area contributed by atoms with Gasteiger partial charge in [0.2, 0.25) is 0 Å². The smallest absolute Gasteiger partial charge is 0.346 e. The van der Waals surface area contributed by atoms with Crippen LogP contribution in [0.5, 0.6) is 0 Å². The normalized spacial score (nSPS) is 11.6. The van der Waals surface area contributed by atoms with Crippen molar-refractivity contribution >= 4 is 22.1 Å². The molecular formula is C18H32O6S. The zero-order valence-electron chi connectivity index (χ0n) is 15.5. The van der Waals surface area contributed by atoms with Crippen LogP contribution in [-0.2, 0) is 28.6 Å². The van der Waals surface area contributed by atoms with Gasteiger partial charge in [0.25, 0.3) is 0 Å². The molecule has 0 radical (unpaired) electrons. The summed E-state index contributed by atoms with van der Waals surface area (Å²) in [7, 11) is -3.86. The van der Waals surface area contributed by atoms with Gasteiger partial charge in [-0.1, -0.05) is 64.7 Å². The van der Waals surface area contributed by atoms with Crippen LogP contribution in [0.3, 0.4) is 0 Å². The van der Waals surface area contributed by atoms with Crippen LogP contribution in [0.15, 0.2) is 12.2 Å². The Morgan fingerprint density at radius 2 is 1.24 bits per heavy atom. The Morgan fingerprint density at radius 3 is 1.76 bits per heavy atom. The van der Waals surface area contributed by atoms with Crippen LogP contribution in [-0.4, -0.2) is 32.7 Å². The van der Waals surface area contributed by atoms with Crippen molar-refractivity contribution in [2.45, 2.75) is 78.1 Å². The fraction of sp³-hybridized carbons (Fsp3) is 0.778. The van der Waals surface area contributed by atoms with Gasteiger partial charge in [-0.3, -0.25) is 0 Å². The van der Waals surface area contributed by atoms with E-state index in [-0.39, 0.29) is 5.75 Å². The standard InChI is InChI=1S/C18H32O6S/c1-3-5-6-7-8-9-10-11-12-13-16-23-17(19)14-15-18(20)24-25(21,22)4-2/h14-15H,3-13,16H2,1-2H3/b15-14-. The van der Waals surface area contributed by atoms with Gasteiger partial charge in [0.1, 0.15) is 0 Å². The third kappa shape index (κ3) is 15.9. The Balaban J connectivity index is 3.58. The summed E-state index contributed by atoms with van der Waals surface area (Å²) < 4.78 is 31.2. The highest BCUT2D eigenvalue weighted by Crippen LogP contribution is 2.10. The Bertz CT molecular complexity index is 496. The summed E-state index contributed by atoms with van der Waals surface area (Å²) in [5, 5.41) is 0. The molecule has 0 spiro atoms. The van der Waals surface area contributed by atoms with E-state index in [2.05, 4.69) is 11.1 Å². The van der Waals surface area contributed by atoms with Crippen LogP contribution in [0, 0.1) is 0 Å². The monoisotopic (exact) mass is 376 g/mol. The van der Waals surface area contributed by atoms with Crippen molar-refractivity contribution in [1.82, 2.24) is 0 Å². The number of carbonyl (C=O) groups is 2. The molecule has 0 saturated carbocycles. The van der Waals surface area contributed by atoms with Crippen molar-refractivity contribution in [3.05, 3.63) is 12.2 Å². The summed E-state index contributed by atoms with van der Waals surface area (Å²) >= 11 is 0. The van der Waals surface area contributed by atoms with Gasteiger partial charge >= 0.3 is 22.1 Å². The highest BCUT2D eigenvalue weighted by atomic mass is 32.2. The van der Waals surface area contributed by atoms with Gasteiger partial charge in [-0.2, -0.15) is 8.42 Å². The van der Waals surface area contributed by atoms with E-state index in [9.17, 15) is 18.0 Å². The summed E-state index contributed by atoms with van der Waals surface area (Å²) in [4.78, 5) is 22.6. The molecule has 0 atom stereocenters. The Kier molecular flexibility index (Phi) is 14.1. The molecule has 0 saturated heterocycles. The number of unbranched alkanes of at least 4 members (excludes halogenated alkanes) is 9. The average molecular weight is 377 g/mol. The van der Waals surface area contributed by atoms with Gasteiger partial charge in [0.05, 0.1) is 12.4 Å². The molecule has 0 heterocycles. The van der Waals surface area contributed by atoms with Gasteiger partial charge in [0, 0.05) is 12.2 Å². The van der Waals surface area contributed by atoms with E-state index in [0.717, 1.165) is 31.4 Å². The first-order chi connectivity index (χ1) is 11.9. The quantitative estimate of drug-likeness (QED) is 0.186. The van der Waals surface area contributed by atoms with Gasteiger partial charge in [0.15, 0.2) is 0 Å². The van der Waals surface area contributed by atoms with E-state index in [1.807, 2.05) is 0 Å². The lowest BCUT2D eigenvalue weighted by Gasteiger charge is -2.03. The molecule has 0 rings (SSSR count). The zero-order valence-corrected chi connectivity index (χ0v) is 16.3. The minimum absolute atomic E-state index is 0.294. The number of hydrogen-bond donors (Lipinski definition) is 0. The van der Waals surface area contributed by atoms with Crippen molar-refractivity contribution in [2.24, 2.45) is 0 Å². The molecule has 0 N–H and O–H groups in total. The van der Waals surface area contributed by atoms with E-state index in [1.165, 1.54) is 51.9 Å². The molecule has 0 aromatic rings. The largest absolute Gasteiger partial charge is 0.463 e. The van der Waals surface area contributed by atoms with Crippen LogP contribution in [0.1, 0.15) is 78.1 Å². The summed E-state index contributed by atoms with van der Waals surface area (Å²) in [6.45, 7) is 3.86. The number of carbonyl (C=O) groups excluding carboxylic acids is 2. The van der Waals surface area contributed by atoms with Gasteiger partial charge in [-0.25, -0.2) is 9.59 Å². The minimum Gasteiger partial charge on any atom is -0.463 e. The Labute approximate surface area is 152 Å². The van der Waals surface area contributed by atoms with Crippen LogP contribution in [0.25, 0.3) is 0 Å². The maximum absolute atomic E-state index is 11.4. The first-order valence-electron chi connectivity index (χ1n) is 9.22. The van der Waals surface area contributed by atoms with E-state index >= 15 is 0 Å². The van der Waals surface area contributed by atoms with Crippen LogP contribution >= 0.6 is 0 Å². The molecule has 0 bridgehead atoms. The molecule has 0 aliphatic carbocycles. The summed E-state index contributed by atoms with van der Waals surface area (Å²) in [5.41, 5.74) is 0. The SMILES string of the molecule is CCCCCCCCCCCCOC(=O)/C=C\C(=O)OS(=O)(=O)CC. The molecule has 0 aromatic carbocycles. The maximum atomic E-state index is 11.4. The molecular weight excluding hydrogens is 344 g/mol. The van der Waals surface area contributed by atoms with E-state index in [4.69, 9.17) is 4.74 Å². The second kappa shape index (κ2) is 14.9. The highest BCUT2D eigenvalue weighted by Gasteiger charge is 2.12. The fourth-order valence-corrected chi connectivity index (χ4v) is 2.58. The lowest BCUT2D eigenvalue weighted by Crippen LogP contribution is -2.13. The molecule has 0 aliphatic rings. The Morgan fingerprint density at radius 1 is 0.760 bits per heavy atom. The second-order valence-electron chi connectivity index (χ2n) is 5.93. The minimum atomic E-state index is -3.86. The number of ether oxygens (including phenoxy) is 1. The molecule has 0 aromatic heterocycles. The third-order valence-corrected chi connectivity index (χ3v) is 4.79. The van der Waals surface area contributed by atoms with Crippen molar-refractivity contribution in [1.29, 1.82) is 0 Å². The van der Waals surface area contributed by atoms with Gasteiger partial charge < -0.3 is 8.92 Å². The Hall–Kier alpha value is -1.37. The van der Waals surface area contributed by atoms with E-state index < -0.39 is 22.1 Å². The third-order valence-electron chi connectivity index (χ3n) is 3.66. The topological polar surface area (TPSA) is 86.7 Å². The van der Waals surface area contributed by atoms with E-state index in [1.54, 1.807) is 0 Å². The number of hydrogen-bond acceptors (Lipinski definition) is 6. The summed E-state index contributed by atoms with van der Waals surface area (Å²) in [6.07, 6.45) is 13.6. The average Bonchev–Trinajstić information content (AvgIpc) is 2.57. The second-order valence-corrected chi connectivity index (χ2v) is 7.79. The van der Waals surface area contributed by atoms with Crippen LogP contribution in [0.2, 0.25) is 0 Å². The van der Waals surface area contributed by atoms with Crippen molar-refractivity contribution < 1.29 is 26.9 Å². The van der Waals surface area contributed by atoms with Crippen LogP contribution < -0.4 is 0 Å². The first kappa shape index (κ1) is 23.6. The lowest BCUT2D eigenvalue weighted by atomic mass is 10.1. The van der Waals surface area contributed by atoms with E-state index in [0.29, 0.717) is 6.61 Å². The predicted molar refractivity (Wildman–Crippen MR) is 97.5 cm³/mol. The number of esters is 1. The highest BCUT2D eigenvalue weighted by molar-refractivity contribution is 7.87. The van der Waals surface area contributed by atoms with Crippen molar-refractivity contribution in [2.75, 3.05) is 12.4 Å². The zero-order chi connectivity index (χ0) is 19.0. The fourth-order valence-electron chi connectivity index (χ4n) is 2.16. The molecule has 0 amide bonds. The van der Waals surface area contributed by atoms with Gasteiger partial charge in [-0.05, 0) is 13.3 Å². The van der Waals surface area contributed by atoms with Gasteiger partial charge in [-0.15, -0.1) is 0 Å². The molecule has 146 valence electrons. The number of rotatable bonds is 15. The lowest BCUT2D eigenvalue weighted by molar-refractivity contribution is -0.138. The maximum Gasteiger partial charge on any atom is 0.346 e. The predicted octanol–water partition coefficient (Wildman–Crippen LogP) is 3.90. The molecule has 0 aliphatic heterocycles. The summed E-state index contributed by atoms with van der Waals surface area (Å²) in [5.74, 6) is -2.09.